The molecule has 12 nitrogen and oxygen atoms in total. The minimum atomic E-state index is -1.07. The highest BCUT2D eigenvalue weighted by Crippen LogP contribution is 2.75. The molecule has 0 amide bonds. The van der Waals surface area contributed by atoms with Crippen LogP contribution >= 0.6 is 34.2 Å². The molecule has 14 heteroatoms. The molecular formula is C44H54IN9O3S. The van der Waals surface area contributed by atoms with Crippen LogP contribution in [0, 0.1) is 35.5 Å². The number of carboxylic acid groups (broad SMARTS) is 1. The number of nitrogens with zero attached hydrogens (tertiary/aromatic N) is 8. The van der Waals surface area contributed by atoms with E-state index in [4.69, 9.17) is 15.1 Å². The molecule has 0 saturated heterocycles. The van der Waals surface area contributed by atoms with E-state index in [1.807, 2.05) is 41.4 Å². The maximum absolute atomic E-state index is 13.0. The molecule has 1 aliphatic heterocycles. The third-order valence-electron chi connectivity index (χ3n) is 13.6. The number of rotatable bonds is 14. The van der Waals surface area contributed by atoms with Crippen LogP contribution in [-0.4, -0.2) is 75.5 Å². The van der Waals surface area contributed by atoms with Crippen molar-refractivity contribution in [2.24, 2.45) is 21.7 Å². The summed E-state index contributed by atoms with van der Waals surface area (Å²) in [6.07, 6.45) is 14.4. The van der Waals surface area contributed by atoms with Gasteiger partial charge in [0, 0.05) is 83.6 Å². The molecule has 4 bridgehead atoms. The number of benzene rings is 1. The Bertz CT molecular complexity index is 2330. The Hall–Kier alpha value is -3.73. The molecule has 58 heavy (non-hydrogen) atoms. The standard InChI is InChI=1S/C44H54IN9O3S/c1-28-30-10-7-18-53(38(30)51-50-37(28)49-40-47-33-11-5-6-12-34(33)58-40)35-14-13-31(36(48-35)39(56)57)32-20-46-54(29(32)2)27-44-24-41(3)21-42(4,25-44)23-43(22-41,26-44)15-8-16-52(45)17-9-19-55/h5-6,11-14,20,55H,7-10,15-19,21-27H2,1-4H3,(H,56,57)(H,47,49,50)/t41-,42+,43?,44?. The number of hydrogen-bond acceptors (Lipinski definition) is 11. The van der Waals surface area contributed by atoms with Gasteiger partial charge in [0.1, 0.15) is 5.82 Å². The second-order valence-electron chi connectivity index (χ2n) is 18.8. The molecule has 3 N–H and O–H groups in total. The highest BCUT2D eigenvalue weighted by atomic mass is 127. The van der Waals surface area contributed by atoms with Crippen LogP contribution in [0.5, 0.6) is 0 Å². The zero-order valence-electron chi connectivity index (χ0n) is 34.0. The molecule has 5 heterocycles. The number of anilines is 4. The van der Waals surface area contributed by atoms with E-state index in [9.17, 15) is 15.0 Å². The van der Waals surface area contributed by atoms with Crippen LogP contribution in [0.15, 0.2) is 42.6 Å². The van der Waals surface area contributed by atoms with Crippen molar-refractivity contribution in [2.45, 2.75) is 105 Å². The first kappa shape index (κ1) is 39.7. The molecule has 4 aliphatic carbocycles. The Morgan fingerprint density at radius 3 is 2.47 bits per heavy atom. The summed E-state index contributed by atoms with van der Waals surface area (Å²) in [5, 5.41) is 38.3. The van der Waals surface area contributed by atoms with Gasteiger partial charge in [-0.15, -0.1) is 10.2 Å². The van der Waals surface area contributed by atoms with Crippen molar-refractivity contribution in [3.63, 3.8) is 0 Å². The number of nitrogens with one attached hydrogen (secondary N) is 1. The third-order valence-corrected chi connectivity index (χ3v) is 15.5. The molecule has 5 aromatic rings. The zero-order chi connectivity index (χ0) is 40.5. The first-order valence-corrected chi connectivity index (χ1v) is 22.6. The van der Waals surface area contributed by atoms with Crippen molar-refractivity contribution in [2.75, 3.05) is 36.5 Å². The summed E-state index contributed by atoms with van der Waals surface area (Å²) in [6.45, 7) is 13.0. The van der Waals surface area contributed by atoms with Gasteiger partial charge in [0.05, 0.1) is 16.4 Å². The van der Waals surface area contributed by atoms with E-state index in [1.54, 1.807) is 11.3 Å². The topological polar surface area (TPSA) is 145 Å². The van der Waals surface area contributed by atoms with Crippen LogP contribution in [-0.2, 0) is 13.0 Å². The smallest absolute Gasteiger partial charge is 0.355 e. The molecule has 4 saturated carbocycles. The lowest BCUT2D eigenvalue weighted by molar-refractivity contribution is -0.198. The number of pyridine rings is 1. The molecule has 306 valence electrons. The summed E-state index contributed by atoms with van der Waals surface area (Å²) in [5.41, 5.74) is 6.58. The van der Waals surface area contributed by atoms with Crippen molar-refractivity contribution in [3.8, 4) is 11.1 Å². The number of carboxylic acids is 1. The van der Waals surface area contributed by atoms with Crippen LogP contribution in [0.2, 0.25) is 0 Å². The Kier molecular flexibility index (Phi) is 10.3. The average Bonchev–Trinajstić information content (AvgIpc) is 3.74. The predicted molar refractivity (Wildman–Crippen MR) is 237 cm³/mol. The minimum absolute atomic E-state index is 0.0168. The Morgan fingerprint density at radius 2 is 1.71 bits per heavy atom. The Balaban J connectivity index is 0.959. The van der Waals surface area contributed by atoms with Gasteiger partial charge >= 0.3 is 5.97 Å². The van der Waals surface area contributed by atoms with E-state index >= 15 is 0 Å². The van der Waals surface area contributed by atoms with Crippen molar-refractivity contribution >= 4 is 73.0 Å². The first-order valence-electron chi connectivity index (χ1n) is 20.8. The fourth-order valence-electron chi connectivity index (χ4n) is 12.7. The second kappa shape index (κ2) is 15.1. The number of aromatic carboxylic acids is 1. The number of thiazole rings is 1. The monoisotopic (exact) mass is 915 g/mol. The van der Waals surface area contributed by atoms with E-state index in [2.05, 4.69) is 79.9 Å². The van der Waals surface area contributed by atoms with E-state index in [1.165, 1.54) is 51.4 Å². The van der Waals surface area contributed by atoms with Crippen LogP contribution in [0.1, 0.15) is 105 Å². The highest BCUT2D eigenvalue weighted by Gasteiger charge is 2.65. The lowest BCUT2D eigenvalue weighted by Crippen LogP contribution is -2.60. The quantitative estimate of drug-likeness (QED) is 0.0724. The average molecular weight is 916 g/mol. The summed E-state index contributed by atoms with van der Waals surface area (Å²) >= 11 is 4.01. The molecule has 10 rings (SSSR count). The molecule has 4 aromatic heterocycles. The van der Waals surface area contributed by atoms with Crippen molar-refractivity contribution in [3.05, 3.63) is 65.1 Å². The van der Waals surface area contributed by atoms with Gasteiger partial charge in [-0.2, -0.15) is 5.10 Å². The summed E-state index contributed by atoms with van der Waals surface area (Å²) < 4.78 is 5.62. The van der Waals surface area contributed by atoms with E-state index in [-0.39, 0.29) is 17.7 Å². The van der Waals surface area contributed by atoms with E-state index < -0.39 is 5.97 Å². The number of aliphatic hydroxyl groups is 1. The van der Waals surface area contributed by atoms with Crippen LogP contribution in [0.3, 0.4) is 0 Å². The number of hydrogen-bond donors (Lipinski definition) is 3. The Morgan fingerprint density at radius 1 is 0.948 bits per heavy atom. The highest BCUT2D eigenvalue weighted by molar-refractivity contribution is 14.1. The van der Waals surface area contributed by atoms with Gasteiger partial charge in [0.15, 0.2) is 22.5 Å². The number of para-hydroxylation sites is 1. The van der Waals surface area contributed by atoms with Gasteiger partial charge in [-0.05, 0) is 130 Å². The molecule has 0 spiro atoms. The lowest BCUT2D eigenvalue weighted by atomic mass is 9.35. The molecular weight excluding hydrogens is 862 g/mol. The minimum Gasteiger partial charge on any atom is -0.476 e. The van der Waals surface area contributed by atoms with Crippen LogP contribution < -0.4 is 10.2 Å². The van der Waals surface area contributed by atoms with Crippen molar-refractivity contribution in [1.82, 2.24) is 33.1 Å². The normalized spacial score (nSPS) is 26.2. The molecule has 5 aliphatic rings. The first-order chi connectivity index (χ1) is 27.8. The predicted octanol–water partition coefficient (Wildman–Crippen LogP) is 9.67. The number of carbonyl (C=O) groups is 1. The van der Waals surface area contributed by atoms with Crippen molar-refractivity contribution in [1.29, 1.82) is 0 Å². The fourth-order valence-corrected chi connectivity index (χ4v) is 14.3. The maximum Gasteiger partial charge on any atom is 0.355 e. The summed E-state index contributed by atoms with van der Waals surface area (Å²) in [6, 6.07) is 11.9. The van der Waals surface area contributed by atoms with Gasteiger partial charge in [0.2, 0.25) is 0 Å². The van der Waals surface area contributed by atoms with E-state index in [0.29, 0.717) is 45.8 Å². The largest absolute Gasteiger partial charge is 0.476 e. The van der Waals surface area contributed by atoms with Gasteiger partial charge in [-0.25, -0.2) is 17.9 Å². The zero-order valence-corrected chi connectivity index (χ0v) is 37.0. The summed E-state index contributed by atoms with van der Waals surface area (Å²) in [4.78, 5) is 24.5. The molecule has 1 aromatic carbocycles. The number of aromatic nitrogens is 6. The number of halogens is 1. The molecule has 0 radical (unpaired) electrons. The SMILES string of the molecule is Cc1c(Nc2nc3ccccc3s2)nnc2c1CCCN2c1ccc(-c2cnn(CC34CC5(CCCN(I)CCCO)C[C@@](C)(C3)C[C@](C)(C5)C4)c2C)c(C(=O)O)n1. The fraction of sp³-hybridized carbons (Fsp3) is 0.545. The maximum atomic E-state index is 13.0. The van der Waals surface area contributed by atoms with Gasteiger partial charge in [-0.3, -0.25) is 4.68 Å². The van der Waals surface area contributed by atoms with Gasteiger partial charge in [-0.1, -0.05) is 37.3 Å². The third kappa shape index (κ3) is 7.40. The molecule has 2 unspecified atom stereocenters. The van der Waals surface area contributed by atoms with Crippen LogP contribution in [0.25, 0.3) is 21.3 Å². The van der Waals surface area contributed by atoms with Gasteiger partial charge < -0.3 is 20.4 Å². The van der Waals surface area contributed by atoms with Crippen molar-refractivity contribution < 1.29 is 15.0 Å². The molecule has 4 fully saturated rings. The second-order valence-corrected chi connectivity index (χ2v) is 21.2. The van der Waals surface area contributed by atoms with Gasteiger partial charge in [0.25, 0.3) is 0 Å². The van der Waals surface area contributed by atoms with Crippen LogP contribution in [0.4, 0.5) is 22.6 Å². The van der Waals surface area contributed by atoms with E-state index in [0.717, 1.165) is 76.6 Å². The Labute approximate surface area is 358 Å². The number of fused-ring (bicyclic) bond motifs is 2. The summed E-state index contributed by atoms with van der Waals surface area (Å²) in [5.74, 6) is 0.867. The lowest BCUT2D eigenvalue weighted by Gasteiger charge is -2.70. The summed E-state index contributed by atoms with van der Waals surface area (Å²) in [7, 11) is 0. The number of aliphatic hydroxyl groups excluding tert-OH is 1. The molecule has 4 atom stereocenters.